The molecule has 24 heavy (non-hydrogen) atoms. The second-order valence-corrected chi connectivity index (χ2v) is 6.96. The van der Waals surface area contributed by atoms with Crippen LogP contribution in [0.15, 0.2) is 6.07 Å². The average Bonchev–Trinajstić information content (AvgIpc) is 2.79. The summed E-state index contributed by atoms with van der Waals surface area (Å²) in [4.78, 5) is 23.4. The Balaban J connectivity index is 1.92. The largest absolute Gasteiger partial charge is 0.354 e. The van der Waals surface area contributed by atoms with Gasteiger partial charge in [-0.15, -0.1) is 0 Å². The van der Waals surface area contributed by atoms with Gasteiger partial charge in [-0.2, -0.15) is 0 Å². The van der Waals surface area contributed by atoms with E-state index in [0.29, 0.717) is 11.6 Å². The van der Waals surface area contributed by atoms with Crippen LogP contribution in [0, 0.1) is 6.92 Å². The molecular formula is C18H31N5O. The van der Waals surface area contributed by atoms with Gasteiger partial charge in [0.25, 0.3) is 5.91 Å². The van der Waals surface area contributed by atoms with Gasteiger partial charge in [0.1, 0.15) is 5.69 Å². The number of amides is 1. The fourth-order valence-electron chi connectivity index (χ4n) is 3.04. The van der Waals surface area contributed by atoms with Gasteiger partial charge in [-0.3, -0.25) is 4.79 Å². The highest BCUT2D eigenvalue weighted by Gasteiger charge is 2.17. The molecule has 134 valence electrons. The molecule has 0 aliphatic heterocycles. The third kappa shape index (κ3) is 6.43. The molecule has 1 aliphatic rings. The van der Waals surface area contributed by atoms with Gasteiger partial charge in [-0.05, 0) is 52.9 Å². The normalized spacial score (nSPS) is 16.0. The molecule has 1 fully saturated rings. The minimum absolute atomic E-state index is 0.0799. The van der Waals surface area contributed by atoms with Crippen molar-refractivity contribution in [3.8, 4) is 0 Å². The number of nitrogens with one attached hydrogen (secondary N) is 2. The SMILES string of the molecule is Cc1cc(C(=O)NC2CCCCCC2)nc(NCCCN(C)C)n1. The quantitative estimate of drug-likeness (QED) is 0.593. The number of hydrogen-bond donors (Lipinski definition) is 2. The van der Waals surface area contributed by atoms with Crippen LogP contribution < -0.4 is 10.6 Å². The van der Waals surface area contributed by atoms with Crippen LogP contribution in [0.3, 0.4) is 0 Å². The summed E-state index contributed by atoms with van der Waals surface area (Å²) < 4.78 is 0. The van der Waals surface area contributed by atoms with Crippen LogP contribution in [-0.2, 0) is 0 Å². The van der Waals surface area contributed by atoms with Crippen molar-refractivity contribution < 1.29 is 4.79 Å². The number of carbonyl (C=O) groups is 1. The molecule has 1 aromatic heterocycles. The molecule has 6 nitrogen and oxygen atoms in total. The maximum Gasteiger partial charge on any atom is 0.270 e. The number of aryl methyl sites for hydroxylation is 1. The van der Waals surface area contributed by atoms with Gasteiger partial charge in [0, 0.05) is 18.3 Å². The van der Waals surface area contributed by atoms with Gasteiger partial charge in [0.05, 0.1) is 0 Å². The number of anilines is 1. The second kappa shape index (κ2) is 9.57. The van der Waals surface area contributed by atoms with Crippen molar-refractivity contribution >= 4 is 11.9 Å². The molecule has 0 saturated heterocycles. The molecule has 2 N–H and O–H groups in total. The van der Waals surface area contributed by atoms with Crippen LogP contribution in [0.5, 0.6) is 0 Å². The van der Waals surface area contributed by atoms with E-state index in [2.05, 4.69) is 39.6 Å². The lowest BCUT2D eigenvalue weighted by Crippen LogP contribution is -2.35. The Kier molecular flexibility index (Phi) is 7.43. The molecule has 1 saturated carbocycles. The minimum atomic E-state index is -0.0799. The number of nitrogens with zero attached hydrogens (tertiary/aromatic N) is 3. The van der Waals surface area contributed by atoms with Crippen LogP contribution in [-0.4, -0.2) is 54.0 Å². The molecule has 1 aromatic rings. The predicted molar refractivity (Wildman–Crippen MR) is 97.4 cm³/mol. The number of carbonyl (C=O) groups excluding carboxylic acids is 1. The molecule has 0 unspecified atom stereocenters. The van der Waals surface area contributed by atoms with E-state index in [4.69, 9.17) is 0 Å². The van der Waals surface area contributed by atoms with Gasteiger partial charge >= 0.3 is 0 Å². The molecule has 1 aliphatic carbocycles. The monoisotopic (exact) mass is 333 g/mol. The Hall–Kier alpha value is -1.69. The Morgan fingerprint density at radius 1 is 1.21 bits per heavy atom. The first-order valence-electron chi connectivity index (χ1n) is 9.10. The Labute approximate surface area is 145 Å². The first-order chi connectivity index (χ1) is 11.5. The molecular weight excluding hydrogens is 302 g/mol. The molecule has 0 radical (unpaired) electrons. The van der Waals surface area contributed by atoms with Gasteiger partial charge in [0.2, 0.25) is 5.95 Å². The minimum Gasteiger partial charge on any atom is -0.354 e. The van der Waals surface area contributed by atoms with Gasteiger partial charge in [-0.1, -0.05) is 25.7 Å². The van der Waals surface area contributed by atoms with Crippen molar-refractivity contribution in [2.24, 2.45) is 0 Å². The third-order valence-electron chi connectivity index (χ3n) is 4.34. The number of hydrogen-bond acceptors (Lipinski definition) is 5. The van der Waals surface area contributed by atoms with Crippen molar-refractivity contribution in [3.63, 3.8) is 0 Å². The zero-order chi connectivity index (χ0) is 17.4. The fourth-order valence-corrected chi connectivity index (χ4v) is 3.04. The van der Waals surface area contributed by atoms with Crippen LogP contribution in [0.2, 0.25) is 0 Å². The number of rotatable bonds is 7. The van der Waals surface area contributed by atoms with E-state index in [9.17, 15) is 4.79 Å². The summed E-state index contributed by atoms with van der Waals surface area (Å²) in [5, 5.41) is 6.37. The fraction of sp³-hybridized carbons (Fsp3) is 0.722. The smallest absolute Gasteiger partial charge is 0.270 e. The Morgan fingerprint density at radius 3 is 2.58 bits per heavy atom. The molecule has 1 amide bonds. The van der Waals surface area contributed by atoms with E-state index in [1.807, 2.05) is 6.92 Å². The van der Waals surface area contributed by atoms with Crippen molar-refractivity contribution in [3.05, 3.63) is 17.5 Å². The van der Waals surface area contributed by atoms with E-state index < -0.39 is 0 Å². The summed E-state index contributed by atoms with van der Waals surface area (Å²) in [5.74, 6) is 0.462. The molecule has 0 aromatic carbocycles. The molecule has 0 spiro atoms. The second-order valence-electron chi connectivity index (χ2n) is 6.96. The Morgan fingerprint density at radius 2 is 1.92 bits per heavy atom. The zero-order valence-electron chi connectivity index (χ0n) is 15.3. The van der Waals surface area contributed by atoms with Crippen LogP contribution >= 0.6 is 0 Å². The van der Waals surface area contributed by atoms with E-state index in [-0.39, 0.29) is 11.9 Å². The molecule has 1 heterocycles. The highest BCUT2D eigenvalue weighted by atomic mass is 16.1. The van der Waals surface area contributed by atoms with Crippen molar-refractivity contribution in [1.29, 1.82) is 0 Å². The summed E-state index contributed by atoms with van der Waals surface area (Å²) in [7, 11) is 4.11. The molecule has 0 bridgehead atoms. The summed E-state index contributed by atoms with van der Waals surface area (Å²) in [5.41, 5.74) is 1.27. The lowest BCUT2D eigenvalue weighted by atomic mass is 10.1. The lowest BCUT2D eigenvalue weighted by Gasteiger charge is -2.16. The Bertz CT molecular complexity index is 524. The van der Waals surface area contributed by atoms with Crippen molar-refractivity contribution in [1.82, 2.24) is 20.2 Å². The first kappa shape index (κ1) is 18.6. The maximum atomic E-state index is 12.5. The summed E-state index contributed by atoms with van der Waals surface area (Å²) in [6, 6.07) is 2.04. The van der Waals surface area contributed by atoms with Gasteiger partial charge < -0.3 is 15.5 Å². The van der Waals surface area contributed by atoms with Crippen LogP contribution in [0.4, 0.5) is 5.95 Å². The van der Waals surface area contributed by atoms with E-state index in [1.165, 1.54) is 25.7 Å². The van der Waals surface area contributed by atoms with Crippen molar-refractivity contribution in [2.75, 3.05) is 32.5 Å². The first-order valence-corrected chi connectivity index (χ1v) is 9.10. The van der Waals surface area contributed by atoms with Gasteiger partial charge in [-0.25, -0.2) is 9.97 Å². The highest BCUT2D eigenvalue weighted by molar-refractivity contribution is 5.92. The molecule has 6 heteroatoms. The highest BCUT2D eigenvalue weighted by Crippen LogP contribution is 2.17. The summed E-state index contributed by atoms with van der Waals surface area (Å²) in [6.45, 7) is 3.70. The van der Waals surface area contributed by atoms with Gasteiger partial charge in [0.15, 0.2) is 0 Å². The van der Waals surface area contributed by atoms with E-state index in [0.717, 1.165) is 38.0 Å². The maximum absolute atomic E-state index is 12.5. The predicted octanol–water partition coefficient (Wildman–Crippen LogP) is 2.60. The zero-order valence-corrected chi connectivity index (χ0v) is 15.3. The van der Waals surface area contributed by atoms with Crippen LogP contribution in [0.1, 0.15) is 61.1 Å². The number of aromatic nitrogens is 2. The molecule has 0 atom stereocenters. The summed E-state index contributed by atoms with van der Waals surface area (Å²) >= 11 is 0. The molecule has 2 rings (SSSR count). The van der Waals surface area contributed by atoms with E-state index in [1.54, 1.807) is 6.07 Å². The van der Waals surface area contributed by atoms with Crippen LogP contribution in [0.25, 0.3) is 0 Å². The lowest BCUT2D eigenvalue weighted by molar-refractivity contribution is 0.0928. The van der Waals surface area contributed by atoms with E-state index >= 15 is 0 Å². The average molecular weight is 333 g/mol. The standard InChI is InChI=1S/C18H31N5O/c1-14-13-16(17(24)21-15-9-6-4-5-7-10-15)22-18(20-14)19-11-8-12-23(2)3/h13,15H,4-12H2,1-3H3,(H,21,24)(H,19,20,22). The third-order valence-corrected chi connectivity index (χ3v) is 4.34. The summed E-state index contributed by atoms with van der Waals surface area (Å²) in [6.07, 6.45) is 8.11. The van der Waals surface area contributed by atoms with Crippen molar-refractivity contribution in [2.45, 2.75) is 57.9 Å². The topological polar surface area (TPSA) is 70.2 Å².